The van der Waals surface area contributed by atoms with E-state index in [0.29, 0.717) is 12.6 Å². The summed E-state index contributed by atoms with van der Waals surface area (Å²) in [6.45, 7) is 5.02. The molecular weight excluding hydrogens is 252 g/mol. The van der Waals surface area contributed by atoms with Crippen molar-refractivity contribution in [3.63, 3.8) is 0 Å². The molecular formula is C16H22N2S. The van der Waals surface area contributed by atoms with E-state index < -0.39 is 0 Å². The largest absolute Gasteiger partial charge is 0.371 e. The van der Waals surface area contributed by atoms with Crippen molar-refractivity contribution in [2.75, 3.05) is 11.9 Å². The lowest BCUT2D eigenvalue weighted by atomic mass is 10.0. The molecule has 1 heterocycles. The lowest BCUT2D eigenvalue weighted by molar-refractivity contribution is 0.683. The van der Waals surface area contributed by atoms with Gasteiger partial charge in [-0.1, -0.05) is 24.3 Å². The zero-order valence-corrected chi connectivity index (χ0v) is 12.7. The molecule has 19 heavy (non-hydrogen) atoms. The van der Waals surface area contributed by atoms with Gasteiger partial charge in [0, 0.05) is 36.6 Å². The Kier molecular flexibility index (Phi) is 4.61. The van der Waals surface area contributed by atoms with E-state index in [0.717, 1.165) is 6.42 Å². The Hall–Kier alpha value is -1.32. The first-order valence-electron chi connectivity index (χ1n) is 6.67. The zero-order chi connectivity index (χ0) is 13.8. The predicted octanol–water partition coefficient (Wildman–Crippen LogP) is 3.58. The van der Waals surface area contributed by atoms with Crippen molar-refractivity contribution in [2.45, 2.75) is 32.9 Å². The first-order chi connectivity index (χ1) is 9.13. The zero-order valence-electron chi connectivity index (χ0n) is 11.9. The number of nitrogens with zero attached hydrogens (tertiary/aromatic N) is 1. The summed E-state index contributed by atoms with van der Waals surface area (Å²) in [5.41, 5.74) is 9.67. The van der Waals surface area contributed by atoms with Gasteiger partial charge in [-0.05, 0) is 36.4 Å². The molecule has 0 aliphatic heterocycles. The Morgan fingerprint density at radius 3 is 2.68 bits per heavy atom. The lowest BCUT2D eigenvalue weighted by Gasteiger charge is -2.30. The second-order valence-electron chi connectivity index (χ2n) is 5.03. The van der Waals surface area contributed by atoms with Gasteiger partial charge in [-0.25, -0.2) is 0 Å². The highest BCUT2D eigenvalue weighted by Gasteiger charge is 2.15. The van der Waals surface area contributed by atoms with E-state index in [1.54, 1.807) is 0 Å². The van der Waals surface area contributed by atoms with Crippen LogP contribution in [0.5, 0.6) is 0 Å². The molecule has 0 aliphatic carbocycles. The SMILES string of the molecule is Cc1cccc(CN)c1N(C)C(C)Cc1cccs1. The third kappa shape index (κ3) is 3.17. The summed E-state index contributed by atoms with van der Waals surface area (Å²) in [6.07, 6.45) is 1.08. The van der Waals surface area contributed by atoms with Crippen molar-refractivity contribution >= 4 is 17.0 Å². The summed E-state index contributed by atoms with van der Waals surface area (Å²) in [4.78, 5) is 3.79. The number of likely N-dealkylation sites (N-methyl/N-ethyl adjacent to an activating group) is 1. The summed E-state index contributed by atoms with van der Waals surface area (Å²) in [7, 11) is 2.17. The summed E-state index contributed by atoms with van der Waals surface area (Å²) >= 11 is 1.83. The van der Waals surface area contributed by atoms with Crippen molar-refractivity contribution in [1.82, 2.24) is 0 Å². The van der Waals surface area contributed by atoms with E-state index >= 15 is 0 Å². The van der Waals surface area contributed by atoms with Crippen LogP contribution in [0, 0.1) is 6.92 Å². The maximum Gasteiger partial charge on any atom is 0.0441 e. The van der Waals surface area contributed by atoms with Crippen LogP contribution in [0.25, 0.3) is 0 Å². The fourth-order valence-electron chi connectivity index (χ4n) is 2.47. The Morgan fingerprint density at radius 1 is 1.26 bits per heavy atom. The number of para-hydroxylation sites is 1. The monoisotopic (exact) mass is 274 g/mol. The summed E-state index contributed by atoms with van der Waals surface area (Å²) in [5, 5.41) is 2.14. The van der Waals surface area contributed by atoms with Crippen LogP contribution >= 0.6 is 11.3 Å². The van der Waals surface area contributed by atoms with E-state index in [1.165, 1.54) is 21.7 Å². The highest BCUT2D eigenvalue weighted by atomic mass is 32.1. The number of hydrogen-bond donors (Lipinski definition) is 1. The minimum absolute atomic E-state index is 0.463. The molecule has 0 spiro atoms. The van der Waals surface area contributed by atoms with Crippen LogP contribution in [0.4, 0.5) is 5.69 Å². The minimum atomic E-state index is 0.463. The average molecular weight is 274 g/mol. The lowest BCUT2D eigenvalue weighted by Crippen LogP contribution is -2.32. The number of rotatable bonds is 5. The molecule has 0 saturated heterocycles. The van der Waals surface area contributed by atoms with Gasteiger partial charge in [0.2, 0.25) is 0 Å². The molecule has 1 aromatic carbocycles. The van der Waals surface area contributed by atoms with E-state index in [1.807, 2.05) is 11.3 Å². The molecule has 0 radical (unpaired) electrons. The third-order valence-electron chi connectivity index (χ3n) is 3.63. The molecule has 0 amide bonds. The molecule has 0 aliphatic rings. The minimum Gasteiger partial charge on any atom is -0.371 e. The molecule has 0 saturated carbocycles. The van der Waals surface area contributed by atoms with Gasteiger partial charge in [0.25, 0.3) is 0 Å². The number of benzene rings is 1. The van der Waals surface area contributed by atoms with E-state index in [-0.39, 0.29) is 0 Å². The van der Waals surface area contributed by atoms with Crippen LogP contribution in [0.15, 0.2) is 35.7 Å². The first kappa shape index (κ1) is 14.1. The van der Waals surface area contributed by atoms with Gasteiger partial charge in [-0.2, -0.15) is 0 Å². The third-order valence-corrected chi connectivity index (χ3v) is 4.53. The molecule has 1 aromatic heterocycles. The molecule has 2 nitrogen and oxygen atoms in total. The van der Waals surface area contributed by atoms with Gasteiger partial charge in [-0.3, -0.25) is 0 Å². The van der Waals surface area contributed by atoms with Crippen molar-refractivity contribution in [3.05, 3.63) is 51.7 Å². The normalized spacial score (nSPS) is 12.4. The average Bonchev–Trinajstić information content (AvgIpc) is 2.90. The fraction of sp³-hybridized carbons (Fsp3) is 0.375. The second kappa shape index (κ2) is 6.22. The quantitative estimate of drug-likeness (QED) is 0.903. The number of aryl methyl sites for hydroxylation is 1. The summed E-state index contributed by atoms with van der Waals surface area (Å²) < 4.78 is 0. The number of nitrogens with two attached hydrogens (primary N) is 1. The highest BCUT2D eigenvalue weighted by molar-refractivity contribution is 7.09. The van der Waals surface area contributed by atoms with Crippen molar-refractivity contribution in [1.29, 1.82) is 0 Å². The molecule has 2 aromatic rings. The van der Waals surface area contributed by atoms with Crippen LogP contribution in [0.3, 0.4) is 0 Å². The first-order valence-corrected chi connectivity index (χ1v) is 7.55. The Bertz CT molecular complexity index is 520. The van der Waals surface area contributed by atoms with Gasteiger partial charge in [0.05, 0.1) is 0 Å². The Labute approximate surface area is 119 Å². The Balaban J connectivity index is 2.21. The predicted molar refractivity (Wildman–Crippen MR) is 85.0 cm³/mol. The van der Waals surface area contributed by atoms with Gasteiger partial charge in [0.15, 0.2) is 0 Å². The van der Waals surface area contributed by atoms with E-state index in [4.69, 9.17) is 5.73 Å². The molecule has 0 fully saturated rings. The fourth-order valence-corrected chi connectivity index (χ4v) is 3.29. The molecule has 1 atom stereocenters. The maximum absolute atomic E-state index is 5.87. The van der Waals surface area contributed by atoms with Crippen LogP contribution in [-0.4, -0.2) is 13.1 Å². The molecule has 2 rings (SSSR count). The second-order valence-corrected chi connectivity index (χ2v) is 6.06. The van der Waals surface area contributed by atoms with Gasteiger partial charge < -0.3 is 10.6 Å². The maximum atomic E-state index is 5.87. The Morgan fingerprint density at radius 2 is 2.05 bits per heavy atom. The van der Waals surface area contributed by atoms with Gasteiger partial charge in [-0.15, -0.1) is 11.3 Å². The standard InChI is InChI=1S/C16H22N2S/c1-12-6-4-7-14(11-17)16(12)18(3)13(2)10-15-8-5-9-19-15/h4-9,13H,10-11,17H2,1-3H3. The molecule has 1 unspecified atom stereocenters. The molecule has 3 heteroatoms. The van der Waals surface area contributed by atoms with Crippen molar-refractivity contribution < 1.29 is 0 Å². The van der Waals surface area contributed by atoms with Crippen LogP contribution < -0.4 is 10.6 Å². The van der Waals surface area contributed by atoms with E-state index in [2.05, 4.69) is 61.5 Å². The van der Waals surface area contributed by atoms with E-state index in [9.17, 15) is 0 Å². The van der Waals surface area contributed by atoms with Crippen molar-refractivity contribution in [3.8, 4) is 0 Å². The number of thiophene rings is 1. The smallest absolute Gasteiger partial charge is 0.0441 e. The number of anilines is 1. The highest BCUT2D eigenvalue weighted by Crippen LogP contribution is 2.27. The van der Waals surface area contributed by atoms with Crippen LogP contribution in [0.1, 0.15) is 22.9 Å². The summed E-state index contributed by atoms with van der Waals surface area (Å²) in [5.74, 6) is 0. The van der Waals surface area contributed by atoms with Crippen molar-refractivity contribution in [2.24, 2.45) is 5.73 Å². The molecule has 2 N–H and O–H groups in total. The topological polar surface area (TPSA) is 29.3 Å². The van der Waals surface area contributed by atoms with Crippen LogP contribution in [-0.2, 0) is 13.0 Å². The molecule has 102 valence electrons. The van der Waals surface area contributed by atoms with Gasteiger partial charge >= 0.3 is 0 Å². The summed E-state index contributed by atoms with van der Waals surface area (Å²) in [6, 6.07) is 11.1. The van der Waals surface area contributed by atoms with Gasteiger partial charge in [0.1, 0.15) is 0 Å². The number of hydrogen-bond acceptors (Lipinski definition) is 3. The molecule has 0 bridgehead atoms. The van der Waals surface area contributed by atoms with Crippen LogP contribution in [0.2, 0.25) is 0 Å².